The molecule has 2 amide bonds. The smallest absolute Gasteiger partial charge is 0.259 e. The van der Waals surface area contributed by atoms with E-state index in [2.05, 4.69) is 5.32 Å². The zero-order chi connectivity index (χ0) is 18.8. The minimum Gasteiger partial charge on any atom is -0.322 e. The fourth-order valence-corrected chi connectivity index (χ4v) is 4.16. The molecule has 1 heterocycles. The van der Waals surface area contributed by atoms with Crippen LogP contribution in [0.15, 0.2) is 82.6 Å². The highest BCUT2D eigenvalue weighted by atomic mass is 32.2. The van der Waals surface area contributed by atoms with Gasteiger partial charge in [0.15, 0.2) is 0 Å². The van der Waals surface area contributed by atoms with E-state index in [1.54, 1.807) is 28.8 Å². The van der Waals surface area contributed by atoms with E-state index in [-0.39, 0.29) is 11.8 Å². The molecule has 0 unspecified atom stereocenters. The van der Waals surface area contributed by atoms with E-state index in [1.165, 1.54) is 0 Å². The van der Waals surface area contributed by atoms with Crippen LogP contribution in [0.1, 0.15) is 27.6 Å². The van der Waals surface area contributed by atoms with Crippen molar-refractivity contribution >= 4 is 35.0 Å². The minimum atomic E-state index is -0.195. The number of nitrogens with one attached hydrogen (secondary N) is 1. The van der Waals surface area contributed by atoms with Crippen LogP contribution in [0.2, 0.25) is 0 Å². The fraction of sp³-hybridized carbons (Fsp3) is 0.0909. The molecule has 0 aliphatic carbocycles. The molecule has 0 radical (unpaired) electrons. The SMILES string of the molecule is CCN1C(=O)c2ccccc2Sc2ccc(C(=O)Nc3ccccc3)cc21. The molecule has 5 heteroatoms. The maximum Gasteiger partial charge on any atom is 0.259 e. The number of amides is 2. The second-order valence-corrected chi connectivity index (χ2v) is 7.23. The van der Waals surface area contributed by atoms with E-state index < -0.39 is 0 Å². The third-order valence-corrected chi connectivity index (χ3v) is 5.58. The third kappa shape index (κ3) is 3.34. The molecule has 27 heavy (non-hydrogen) atoms. The van der Waals surface area contributed by atoms with Gasteiger partial charge in [-0.2, -0.15) is 0 Å². The van der Waals surface area contributed by atoms with Gasteiger partial charge in [0.1, 0.15) is 0 Å². The van der Waals surface area contributed by atoms with E-state index in [9.17, 15) is 9.59 Å². The molecule has 0 fully saturated rings. The first-order chi connectivity index (χ1) is 13.2. The number of para-hydroxylation sites is 1. The molecule has 0 aromatic heterocycles. The van der Waals surface area contributed by atoms with Crippen molar-refractivity contribution in [3.63, 3.8) is 0 Å². The van der Waals surface area contributed by atoms with Crippen LogP contribution in [0, 0.1) is 0 Å². The summed E-state index contributed by atoms with van der Waals surface area (Å²) in [6.07, 6.45) is 0. The monoisotopic (exact) mass is 374 g/mol. The quantitative estimate of drug-likeness (QED) is 0.696. The number of hydrogen-bond acceptors (Lipinski definition) is 3. The number of fused-ring (bicyclic) bond motifs is 2. The molecule has 0 saturated heterocycles. The van der Waals surface area contributed by atoms with E-state index in [4.69, 9.17) is 0 Å². The average molecular weight is 374 g/mol. The summed E-state index contributed by atoms with van der Waals surface area (Å²) < 4.78 is 0. The van der Waals surface area contributed by atoms with E-state index in [0.717, 1.165) is 21.2 Å². The van der Waals surface area contributed by atoms with Gasteiger partial charge in [0.05, 0.1) is 11.3 Å². The van der Waals surface area contributed by atoms with Crippen molar-refractivity contribution in [3.05, 3.63) is 83.9 Å². The number of rotatable bonds is 3. The summed E-state index contributed by atoms with van der Waals surface area (Å²) in [5, 5.41) is 2.89. The van der Waals surface area contributed by atoms with Crippen LogP contribution in [0.3, 0.4) is 0 Å². The molecule has 1 N–H and O–H groups in total. The summed E-state index contributed by atoms with van der Waals surface area (Å²) in [4.78, 5) is 29.3. The highest BCUT2D eigenvalue weighted by Gasteiger charge is 2.26. The highest BCUT2D eigenvalue weighted by molar-refractivity contribution is 7.99. The van der Waals surface area contributed by atoms with Crippen molar-refractivity contribution in [2.45, 2.75) is 16.7 Å². The number of carbonyl (C=O) groups excluding carboxylic acids is 2. The Morgan fingerprint density at radius 1 is 0.963 bits per heavy atom. The molecule has 0 bridgehead atoms. The standard InChI is InChI=1S/C22H18N2O2S/c1-2-24-18-14-15(21(25)23-16-8-4-3-5-9-16)12-13-20(18)27-19-11-7-6-10-17(19)22(24)26/h3-14H,2H2,1H3,(H,23,25). The summed E-state index contributed by atoms with van der Waals surface area (Å²) in [5.74, 6) is -0.237. The number of benzene rings is 3. The maximum atomic E-state index is 13.0. The summed E-state index contributed by atoms with van der Waals surface area (Å²) >= 11 is 1.56. The Kier molecular flexibility index (Phi) is 4.69. The first kappa shape index (κ1) is 17.4. The van der Waals surface area contributed by atoms with Crippen LogP contribution < -0.4 is 10.2 Å². The van der Waals surface area contributed by atoms with Gasteiger partial charge in [0, 0.05) is 27.6 Å². The molecule has 0 saturated carbocycles. The minimum absolute atomic E-state index is 0.0417. The Hall–Kier alpha value is -3.05. The van der Waals surface area contributed by atoms with Crippen molar-refractivity contribution < 1.29 is 9.59 Å². The van der Waals surface area contributed by atoms with Crippen molar-refractivity contribution in [1.29, 1.82) is 0 Å². The molecule has 3 aromatic carbocycles. The van der Waals surface area contributed by atoms with Gasteiger partial charge in [-0.1, -0.05) is 42.1 Å². The molecule has 4 nitrogen and oxygen atoms in total. The van der Waals surface area contributed by atoms with Gasteiger partial charge in [-0.25, -0.2) is 0 Å². The first-order valence-electron chi connectivity index (χ1n) is 8.76. The Labute approximate surface area is 162 Å². The molecular formula is C22H18N2O2S. The van der Waals surface area contributed by atoms with Crippen LogP contribution in [0.4, 0.5) is 11.4 Å². The van der Waals surface area contributed by atoms with Gasteiger partial charge >= 0.3 is 0 Å². The predicted octanol–water partition coefficient (Wildman–Crippen LogP) is 5.07. The Balaban J connectivity index is 1.72. The van der Waals surface area contributed by atoms with Gasteiger partial charge in [0.25, 0.3) is 11.8 Å². The van der Waals surface area contributed by atoms with Gasteiger partial charge in [-0.15, -0.1) is 0 Å². The van der Waals surface area contributed by atoms with Crippen LogP contribution in [0.5, 0.6) is 0 Å². The Morgan fingerprint density at radius 2 is 1.70 bits per heavy atom. The Bertz CT molecular complexity index is 1020. The topological polar surface area (TPSA) is 49.4 Å². The van der Waals surface area contributed by atoms with E-state index >= 15 is 0 Å². The third-order valence-electron chi connectivity index (χ3n) is 4.44. The fourth-order valence-electron chi connectivity index (χ4n) is 3.10. The average Bonchev–Trinajstić information content (AvgIpc) is 2.82. The number of anilines is 2. The lowest BCUT2D eigenvalue weighted by Crippen LogP contribution is -2.30. The zero-order valence-electron chi connectivity index (χ0n) is 14.8. The summed E-state index contributed by atoms with van der Waals surface area (Å²) in [7, 11) is 0. The molecule has 0 spiro atoms. The molecule has 1 aliphatic heterocycles. The van der Waals surface area contributed by atoms with Crippen molar-refractivity contribution in [1.82, 2.24) is 0 Å². The van der Waals surface area contributed by atoms with Gasteiger partial charge in [-0.3, -0.25) is 9.59 Å². The lowest BCUT2D eigenvalue weighted by Gasteiger charge is -2.21. The molecule has 0 atom stereocenters. The Morgan fingerprint density at radius 3 is 2.48 bits per heavy atom. The second-order valence-electron chi connectivity index (χ2n) is 6.15. The summed E-state index contributed by atoms with van der Waals surface area (Å²) in [6.45, 7) is 2.47. The number of nitrogens with zero attached hydrogens (tertiary/aromatic N) is 1. The molecule has 4 rings (SSSR count). The lowest BCUT2D eigenvalue weighted by atomic mass is 10.1. The maximum absolute atomic E-state index is 13.0. The van der Waals surface area contributed by atoms with E-state index in [1.807, 2.05) is 67.6 Å². The number of hydrogen-bond donors (Lipinski definition) is 1. The first-order valence-corrected chi connectivity index (χ1v) is 9.58. The predicted molar refractivity (Wildman–Crippen MR) is 109 cm³/mol. The molecule has 134 valence electrons. The van der Waals surface area contributed by atoms with Crippen LogP contribution >= 0.6 is 11.8 Å². The second kappa shape index (κ2) is 7.29. The van der Waals surface area contributed by atoms with Crippen molar-refractivity contribution in [2.24, 2.45) is 0 Å². The molecular weight excluding hydrogens is 356 g/mol. The lowest BCUT2D eigenvalue weighted by molar-refractivity contribution is 0.0982. The van der Waals surface area contributed by atoms with E-state index in [0.29, 0.717) is 17.7 Å². The van der Waals surface area contributed by atoms with Gasteiger partial charge in [-0.05, 0) is 49.4 Å². The molecule has 1 aliphatic rings. The summed E-state index contributed by atoms with van der Waals surface area (Å²) in [5.41, 5.74) is 2.72. The zero-order valence-corrected chi connectivity index (χ0v) is 15.6. The van der Waals surface area contributed by atoms with Crippen LogP contribution in [-0.2, 0) is 0 Å². The van der Waals surface area contributed by atoms with Crippen molar-refractivity contribution in [2.75, 3.05) is 16.8 Å². The van der Waals surface area contributed by atoms with Crippen molar-refractivity contribution in [3.8, 4) is 0 Å². The van der Waals surface area contributed by atoms with Gasteiger partial charge < -0.3 is 10.2 Å². The largest absolute Gasteiger partial charge is 0.322 e. The normalized spacial score (nSPS) is 12.8. The highest BCUT2D eigenvalue weighted by Crippen LogP contribution is 2.41. The summed E-state index contributed by atoms with van der Waals surface area (Å²) in [6, 6.07) is 22.5. The van der Waals surface area contributed by atoms with Gasteiger partial charge in [0.2, 0.25) is 0 Å². The van der Waals surface area contributed by atoms with Crippen LogP contribution in [-0.4, -0.2) is 18.4 Å². The molecule has 3 aromatic rings. The number of carbonyl (C=O) groups is 2. The van der Waals surface area contributed by atoms with Crippen LogP contribution in [0.25, 0.3) is 0 Å².